The van der Waals surface area contributed by atoms with Crippen molar-refractivity contribution < 1.29 is 9.72 Å². The average Bonchev–Trinajstić information content (AvgIpc) is 2.26. The summed E-state index contributed by atoms with van der Waals surface area (Å²) in [5, 5.41) is 13.1. The van der Waals surface area contributed by atoms with Crippen molar-refractivity contribution in [2.24, 2.45) is 0 Å². The summed E-state index contributed by atoms with van der Waals surface area (Å²) >= 11 is 0. The smallest absolute Gasteiger partial charge is 0.292 e. The summed E-state index contributed by atoms with van der Waals surface area (Å²) in [5.74, 6) is -0.400. The van der Waals surface area contributed by atoms with Crippen molar-refractivity contribution in [3.8, 4) is 0 Å². The van der Waals surface area contributed by atoms with Gasteiger partial charge >= 0.3 is 0 Å². The summed E-state index contributed by atoms with van der Waals surface area (Å²) in [4.78, 5) is 21.4. The van der Waals surface area contributed by atoms with Gasteiger partial charge in [0.15, 0.2) is 0 Å². The largest absolute Gasteiger partial charge is 0.393 e. The van der Waals surface area contributed by atoms with Gasteiger partial charge in [0.2, 0.25) is 0 Å². The maximum absolute atomic E-state index is 11.5. The standard InChI is InChI=1S/C10H11N3O3/c1-2-5-12-10(14)7-3-4-8(11)9(6-7)13(15)16/h2-4,6H,1,5,11H2,(H,12,14). The number of anilines is 1. The molecule has 0 atom stereocenters. The third-order valence-corrected chi connectivity index (χ3v) is 1.90. The van der Waals surface area contributed by atoms with Gasteiger partial charge in [0.1, 0.15) is 5.69 Å². The van der Waals surface area contributed by atoms with Gasteiger partial charge in [0, 0.05) is 18.2 Å². The molecule has 0 aromatic heterocycles. The number of nitrogens with one attached hydrogen (secondary N) is 1. The van der Waals surface area contributed by atoms with Crippen LogP contribution in [0.2, 0.25) is 0 Å². The van der Waals surface area contributed by atoms with Crippen molar-refractivity contribution in [1.82, 2.24) is 5.32 Å². The molecule has 6 heteroatoms. The van der Waals surface area contributed by atoms with Gasteiger partial charge in [-0.2, -0.15) is 0 Å². The van der Waals surface area contributed by atoms with Gasteiger partial charge in [0.25, 0.3) is 11.6 Å². The number of nitro benzene ring substituents is 1. The summed E-state index contributed by atoms with van der Waals surface area (Å²) in [7, 11) is 0. The average molecular weight is 221 g/mol. The number of nitrogens with zero attached hydrogens (tertiary/aromatic N) is 1. The molecular weight excluding hydrogens is 210 g/mol. The van der Waals surface area contributed by atoms with Crippen molar-refractivity contribution >= 4 is 17.3 Å². The van der Waals surface area contributed by atoms with E-state index in [2.05, 4.69) is 11.9 Å². The van der Waals surface area contributed by atoms with Crippen molar-refractivity contribution in [1.29, 1.82) is 0 Å². The molecule has 16 heavy (non-hydrogen) atoms. The van der Waals surface area contributed by atoms with Crippen molar-refractivity contribution in [3.63, 3.8) is 0 Å². The van der Waals surface area contributed by atoms with E-state index in [1.807, 2.05) is 0 Å². The molecule has 0 bridgehead atoms. The highest BCUT2D eigenvalue weighted by molar-refractivity contribution is 5.95. The van der Waals surface area contributed by atoms with Crippen LogP contribution in [0.3, 0.4) is 0 Å². The van der Waals surface area contributed by atoms with Crippen LogP contribution in [0.15, 0.2) is 30.9 Å². The fraction of sp³-hybridized carbons (Fsp3) is 0.100. The molecule has 0 fully saturated rings. The molecule has 0 unspecified atom stereocenters. The summed E-state index contributed by atoms with van der Waals surface area (Å²) < 4.78 is 0. The van der Waals surface area contributed by atoms with Crippen LogP contribution in [0.25, 0.3) is 0 Å². The fourth-order valence-electron chi connectivity index (χ4n) is 1.11. The Balaban J connectivity index is 2.98. The lowest BCUT2D eigenvalue weighted by Gasteiger charge is -2.03. The van der Waals surface area contributed by atoms with Crippen molar-refractivity contribution in [2.45, 2.75) is 0 Å². The number of nitrogen functional groups attached to an aromatic ring is 1. The van der Waals surface area contributed by atoms with Gasteiger partial charge < -0.3 is 11.1 Å². The highest BCUT2D eigenvalue weighted by Gasteiger charge is 2.14. The monoisotopic (exact) mass is 221 g/mol. The molecular formula is C10H11N3O3. The maximum Gasteiger partial charge on any atom is 0.292 e. The quantitative estimate of drug-likeness (QED) is 0.344. The molecule has 84 valence electrons. The van der Waals surface area contributed by atoms with E-state index in [1.54, 1.807) is 0 Å². The molecule has 0 radical (unpaired) electrons. The van der Waals surface area contributed by atoms with Gasteiger partial charge in [0.05, 0.1) is 4.92 Å². The Kier molecular flexibility index (Phi) is 3.60. The van der Waals surface area contributed by atoms with Gasteiger partial charge in [-0.3, -0.25) is 14.9 Å². The first-order valence-corrected chi connectivity index (χ1v) is 4.49. The van der Waals surface area contributed by atoms with Crippen LogP contribution in [0.4, 0.5) is 11.4 Å². The number of hydrogen-bond donors (Lipinski definition) is 2. The lowest BCUT2D eigenvalue weighted by molar-refractivity contribution is -0.383. The number of rotatable bonds is 4. The van der Waals surface area contributed by atoms with Gasteiger partial charge in [-0.1, -0.05) is 6.08 Å². The normalized spacial score (nSPS) is 9.50. The molecule has 0 aliphatic rings. The van der Waals surface area contributed by atoms with Crippen LogP contribution in [0.5, 0.6) is 0 Å². The molecule has 1 aromatic carbocycles. The first-order valence-electron chi connectivity index (χ1n) is 4.49. The highest BCUT2D eigenvalue weighted by Crippen LogP contribution is 2.22. The molecule has 1 amide bonds. The molecule has 0 aliphatic heterocycles. The highest BCUT2D eigenvalue weighted by atomic mass is 16.6. The third-order valence-electron chi connectivity index (χ3n) is 1.90. The van der Waals surface area contributed by atoms with Crippen LogP contribution >= 0.6 is 0 Å². The van der Waals surface area contributed by atoms with E-state index in [0.717, 1.165) is 6.07 Å². The predicted molar refractivity (Wildman–Crippen MR) is 60.0 cm³/mol. The molecule has 0 spiro atoms. The number of carbonyl (C=O) groups is 1. The lowest BCUT2D eigenvalue weighted by Crippen LogP contribution is -2.23. The molecule has 1 aromatic rings. The van der Waals surface area contributed by atoms with Crippen LogP contribution in [-0.4, -0.2) is 17.4 Å². The van der Waals surface area contributed by atoms with E-state index in [9.17, 15) is 14.9 Å². The minimum atomic E-state index is -0.625. The van der Waals surface area contributed by atoms with Crippen LogP contribution in [0.1, 0.15) is 10.4 Å². The van der Waals surface area contributed by atoms with Gasteiger partial charge in [-0.05, 0) is 12.1 Å². The molecule has 0 heterocycles. The van der Waals surface area contributed by atoms with Crippen LogP contribution < -0.4 is 11.1 Å². The number of nitro groups is 1. The summed E-state index contributed by atoms with van der Waals surface area (Å²) in [6, 6.07) is 3.91. The Morgan fingerprint density at radius 2 is 2.31 bits per heavy atom. The first-order chi connectivity index (χ1) is 7.56. The second kappa shape index (κ2) is 4.92. The van der Waals surface area contributed by atoms with Crippen LogP contribution in [-0.2, 0) is 0 Å². The molecule has 0 saturated carbocycles. The van der Waals surface area contributed by atoms with Crippen LogP contribution in [0, 0.1) is 10.1 Å². The topological polar surface area (TPSA) is 98.3 Å². The Bertz CT molecular complexity index is 443. The molecule has 0 saturated heterocycles. The molecule has 0 aliphatic carbocycles. The number of benzene rings is 1. The Labute approximate surface area is 91.9 Å². The number of amides is 1. The van der Waals surface area contributed by atoms with E-state index in [4.69, 9.17) is 5.73 Å². The van der Waals surface area contributed by atoms with E-state index in [0.29, 0.717) is 6.54 Å². The number of hydrogen-bond acceptors (Lipinski definition) is 4. The van der Waals surface area contributed by atoms with E-state index in [1.165, 1.54) is 18.2 Å². The Hall–Kier alpha value is -2.37. The molecule has 3 N–H and O–H groups in total. The van der Waals surface area contributed by atoms with E-state index >= 15 is 0 Å². The summed E-state index contributed by atoms with van der Waals surface area (Å²) in [5.41, 5.74) is 5.36. The van der Waals surface area contributed by atoms with Gasteiger partial charge in [-0.15, -0.1) is 6.58 Å². The molecule has 1 rings (SSSR count). The fourth-order valence-corrected chi connectivity index (χ4v) is 1.11. The van der Waals surface area contributed by atoms with Crippen molar-refractivity contribution in [3.05, 3.63) is 46.5 Å². The van der Waals surface area contributed by atoms with E-state index in [-0.39, 0.29) is 16.9 Å². The maximum atomic E-state index is 11.5. The Morgan fingerprint density at radius 3 is 2.88 bits per heavy atom. The van der Waals surface area contributed by atoms with Gasteiger partial charge in [-0.25, -0.2) is 0 Å². The van der Waals surface area contributed by atoms with E-state index < -0.39 is 10.8 Å². The number of carbonyl (C=O) groups excluding carboxylic acids is 1. The minimum absolute atomic E-state index is 0.0327. The second-order valence-electron chi connectivity index (χ2n) is 3.03. The minimum Gasteiger partial charge on any atom is -0.393 e. The van der Waals surface area contributed by atoms with Crippen molar-refractivity contribution in [2.75, 3.05) is 12.3 Å². The predicted octanol–water partition coefficient (Wildman–Crippen LogP) is 1.09. The Morgan fingerprint density at radius 1 is 1.62 bits per heavy atom. The third kappa shape index (κ3) is 2.57. The zero-order chi connectivity index (χ0) is 12.1. The SMILES string of the molecule is C=CCNC(=O)c1ccc(N)c([N+](=O)[O-])c1. The second-order valence-corrected chi connectivity index (χ2v) is 3.03. The molecule has 6 nitrogen and oxygen atoms in total. The summed E-state index contributed by atoms with van der Waals surface area (Å²) in [6.45, 7) is 3.75. The zero-order valence-electron chi connectivity index (χ0n) is 8.47. The zero-order valence-corrected chi connectivity index (χ0v) is 8.47. The first kappa shape index (κ1) is 11.7. The summed E-state index contributed by atoms with van der Waals surface area (Å²) in [6.07, 6.45) is 1.52. The number of nitrogens with two attached hydrogens (primary N) is 1. The lowest BCUT2D eigenvalue weighted by atomic mass is 10.1.